The number of aromatic amines is 1. The van der Waals surface area contributed by atoms with Crippen LogP contribution in [0, 0.1) is 5.41 Å². The van der Waals surface area contributed by atoms with Crippen molar-refractivity contribution in [2.24, 2.45) is 11.5 Å². The van der Waals surface area contributed by atoms with Gasteiger partial charge in [0.25, 0.3) is 0 Å². The zero-order valence-electron chi connectivity index (χ0n) is 31.3. The quantitative estimate of drug-likeness (QED) is 0.0244. The summed E-state index contributed by atoms with van der Waals surface area (Å²) in [6.07, 6.45) is 9.42. The zero-order valence-corrected chi connectivity index (χ0v) is 31.3. The van der Waals surface area contributed by atoms with Gasteiger partial charge < -0.3 is 53.1 Å². The standard InChI is InChI=1S/C37H59N11O6/c1-2-3-4-8-17-32(50)45-29(16-12-21-49)34(52)48-31(23-27-24-41-25-44-27)36(54)47-30(22-26-13-6-5-7-14-26)35(53)46-28(15-11-20-43-37(39)40)33(51)42-19-10-9-18-38/h5-7,13-14,21,24-25,28-31H,2-4,8-12,15-20,22-23,38H2,1H3,(H,41,44)(H,42,51)(H,45,50)(H,46,53)(H,47,54)(H,48,52)(H4,39,40,43)/t28-,29-,30+,31-/m0/s1. The van der Waals surface area contributed by atoms with Gasteiger partial charge in [-0.15, -0.1) is 0 Å². The van der Waals surface area contributed by atoms with Crippen LogP contribution in [0.4, 0.5) is 0 Å². The third-order valence-corrected chi connectivity index (χ3v) is 8.55. The van der Waals surface area contributed by atoms with Gasteiger partial charge in [-0.25, -0.2) is 4.98 Å². The van der Waals surface area contributed by atoms with Gasteiger partial charge >= 0.3 is 0 Å². The van der Waals surface area contributed by atoms with E-state index in [0.29, 0.717) is 57.3 Å². The Kier molecular flexibility index (Phi) is 22.0. The molecule has 0 saturated carbocycles. The molecule has 12 N–H and O–H groups in total. The van der Waals surface area contributed by atoms with E-state index in [4.69, 9.17) is 16.9 Å². The zero-order chi connectivity index (χ0) is 39.6. The molecule has 0 spiro atoms. The number of nitrogens with one attached hydrogen (secondary N) is 8. The molecule has 0 bridgehead atoms. The summed E-state index contributed by atoms with van der Waals surface area (Å²) in [7, 11) is 0. The molecule has 54 heavy (non-hydrogen) atoms. The molecule has 1 aromatic carbocycles. The molecule has 2 rings (SSSR count). The van der Waals surface area contributed by atoms with E-state index >= 15 is 0 Å². The fourth-order valence-electron chi connectivity index (χ4n) is 5.58. The molecule has 298 valence electrons. The van der Waals surface area contributed by atoms with E-state index in [-0.39, 0.29) is 50.4 Å². The number of aldehydes is 1. The van der Waals surface area contributed by atoms with Crippen molar-refractivity contribution < 1.29 is 28.8 Å². The van der Waals surface area contributed by atoms with Crippen molar-refractivity contribution in [2.75, 3.05) is 19.6 Å². The summed E-state index contributed by atoms with van der Waals surface area (Å²) in [4.78, 5) is 85.9. The number of guanidine groups is 1. The number of imidazole rings is 1. The number of hydrogen-bond donors (Lipinski definition) is 10. The SMILES string of the molecule is CCCCCCC(=O)N[C@@H](CCC=O)C(=O)N[C@@H](Cc1c[nH]cn1)C(=O)N[C@H](Cc1ccccc1)C(=O)N[C@@H](CCCNC(=N)N)C(=O)NCCCCN. The van der Waals surface area contributed by atoms with Gasteiger partial charge in [0, 0.05) is 45.0 Å². The second-order valence-electron chi connectivity index (χ2n) is 13.1. The number of unbranched alkanes of at least 4 members (excludes halogenated alkanes) is 4. The first kappa shape index (κ1) is 44.8. The van der Waals surface area contributed by atoms with Crippen LogP contribution in [0.1, 0.15) is 88.8 Å². The molecule has 0 saturated heterocycles. The summed E-state index contributed by atoms with van der Waals surface area (Å²) in [6, 6.07) is 4.56. The minimum absolute atomic E-state index is 0.0102. The molecule has 17 nitrogen and oxygen atoms in total. The van der Waals surface area contributed by atoms with Gasteiger partial charge in [0.2, 0.25) is 29.5 Å². The molecule has 0 unspecified atom stereocenters. The molecule has 0 radical (unpaired) electrons. The predicted molar refractivity (Wildman–Crippen MR) is 205 cm³/mol. The molecule has 2 aromatic rings. The normalized spacial score (nSPS) is 13.0. The Balaban J connectivity index is 2.32. The van der Waals surface area contributed by atoms with Crippen molar-refractivity contribution >= 4 is 41.8 Å². The Hall–Kier alpha value is -5.32. The number of amides is 5. The largest absolute Gasteiger partial charge is 0.370 e. The molecule has 1 heterocycles. The topological polar surface area (TPSA) is 279 Å². The van der Waals surface area contributed by atoms with Gasteiger partial charge in [0.1, 0.15) is 30.5 Å². The van der Waals surface area contributed by atoms with E-state index in [9.17, 15) is 28.8 Å². The van der Waals surface area contributed by atoms with Gasteiger partial charge in [0.05, 0.1) is 12.0 Å². The number of nitrogens with two attached hydrogens (primary N) is 2. The van der Waals surface area contributed by atoms with Crippen molar-refractivity contribution in [3.8, 4) is 0 Å². The summed E-state index contributed by atoms with van der Waals surface area (Å²) in [5, 5.41) is 23.9. The number of hydrogen-bond acceptors (Lipinski definition) is 9. The van der Waals surface area contributed by atoms with Crippen molar-refractivity contribution in [3.05, 3.63) is 54.1 Å². The monoisotopic (exact) mass is 753 g/mol. The molecule has 1 aromatic heterocycles. The van der Waals surface area contributed by atoms with Crippen molar-refractivity contribution in [3.63, 3.8) is 0 Å². The second-order valence-corrected chi connectivity index (χ2v) is 13.1. The van der Waals surface area contributed by atoms with Crippen LogP contribution in [0.5, 0.6) is 0 Å². The molecule has 17 heteroatoms. The molecule has 0 aliphatic heterocycles. The number of rotatable bonds is 28. The first-order valence-electron chi connectivity index (χ1n) is 18.8. The predicted octanol–water partition coefficient (Wildman–Crippen LogP) is 0.202. The lowest BCUT2D eigenvalue weighted by molar-refractivity contribution is -0.134. The first-order valence-corrected chi connectivity index (χ1v) is 18.8. The van der Waals surface area contributed by atoms with E-state index in [1.807, 2.05) is 6.07 Å². The number of carbonyl (C=O) groups is 6. The van der Waals surface area contributed by atoms with E-state index in [1.165, 1.54) is 6.33 Å². The van der Waals surface area contributed by atoms with Crippen LogP contribution in [0.25, 0.3) is 0 Å². The highest BCUT2D eigenvalue weighted by molar-refractivity contribution is 5.95. The van der Waals surface area contributed by atoms with Crippen molar-refractivity contribution in [1.29, 1.82) is 5.41 Å². The van der Waals surface area contributed by atoms with Crippen LogP contribution in [0.3, 0.4) is 0 Å². The first-order chi connectivity index (χ1) is 26.1. The van der Waals surface area contributed by atoms with Crippen LogP contribution in [0.15, 0.2) is 42.9 Å². The molecule has 0 aliphatic carbocycles. The van der Waals surface area contributed by atoms with Crippen LogP contribution in [-0.2, 0) is 41.6 Å². The van der Waals surface area contributed by atoms with Crippen LogP contribution >= 0.6 is 0 Å². The Labute approximate surface area is 317 Å². The highest BCUT2D eigenvalue weighted by atomic mass is 16.2. The Morgan fingerprint density at radius 3 is 2.06 bits per heavy atom. The summed E-state index contributed by atoms with van der Waals surface area (Å²) >= 11 is 0. The lowest BCUT2D eigenvalue weighted by atomic mass is 10.0. The molecular weight excluding hydrogens is 694 g/mol. The lowest BCUT2D eigenvalue weighted by Gasteiger charge is -2.26. The number of benzene rings is 1. The van der Waals surface area contributed by atoms with Gasteiger partial charge in [-0.3, -0.25) is 29.4 Å². The molecule has 5 amide bonds. The number of aromatic nitrogens is 2. The lowest BCUT2D eigenvalue weighted by Crippen LogP contribution is -2.59. The molecule has 0 fully saturated rings. The van der Waals surface area contributed by atoms with E-state index in [2.05, 4.69) is 48.8 Å². The van der Waals surface area contributed by atoms with E-state index in [0.717, 1.165) is 24.8 Å². The summed E-state index contributed by atoms with van der Waals surface area (Å²) in [6.45, 7) is 3.20. The van der Waals surface area contributed by atoms with Crippen LogP contribution < -0.4 is 43.4 Å². The fourth-order valence-corrected chi connectivity index (χ4v) is 5.58. The van der Waals surface area contributed by atoms with Crippen LogP contribution in [-0.4, -0.2) is 95.6 Å². The average molecular weight is 754 g/mol. The number of H-pyrrole nitrogens is 1. The minimum atomic E-state index is -1.23. The highest BCUT2D eigenvalue weighted by Crippen LogP contribution is 2.09. The number of nitrogens with zero attached hydrogens (tertiary/aromatic N) is 1. The minimum Gasteiger partial charge on any atom is -0.370 e. The van der Waals surface area contributed by atoms with Gasteiger partial charge in [-0.05, 0) is 50.6 Å². The molecule has 0 aliphatic rings. The third kappa shape index (κ3) is 18.4. The summed E-state index contributed by atoms with van der Waals surface area (Å²) in [5.74, 6) is -2.95. The summed E-state index contributed by atoms with van der Waals surface area (Å²) < 4.78 is 0. The Morgan fingerprint density at radius 2 is 1.43 bits per heavy atom. The molecule has 4 atom stereocenters. The third-order valence-electron chi connectivity index (χ3n) is 8.55. The average Bonchev–Trinajstić information content (AvgIpc) is 3.67. The van der Waals surface area contributed by atoms with Gasteiger partial charge in [0.15, 0.2) is 5.96 Å². The second kappa shape index (κ2) is 26.4. The smallest absolute Gasteiger partial charge is 0.243 e. The van der Waals surface area contributed by atoms with Crippen molar-refractivity contribution in [2.45, 2.75) is 115 Å². The Morgan fingerprint density at radius 1 is 0.778 bits per heavy atom. The summed E-state index contributed by atoms with van der Waals surface area (Å²) in [5.41, 5.74) is 12.2. The maximum absolute atomic E-state index is 14.1. The van der Waals surface area contributed by atoms with E-state index in [1.54, 1.807) is 30.5 Å². The number of carbonyl (C=O) groups excluding carboxylic acids is 6. The maximum Gasteiger partial charge on any atom is 0.243 e. The highest BCUT2D eigenvalue weighted by Gasteiger charge is 2.32. The fraction of sp³-hybridized carbons (Fsp3) is 0.568. The van der Waals surface area contributed by atoms with E-state index < -0.39 is 47.8 Å². The van der Waals surface area contributed by atoms with Gasteiger partial charge in [-0.1, -0.05) is 56.5 Å². The van der Waals surface area contributed by atoms with Crippen molar-refractivity contribution in [1.82, 2.24) is 41.9 Å². The van der Waals surface area contributed by atoms with Crippen LogP contribution in [0.2, 0.25) is 0 Å². The maximum atomic E-state index is 14.1. The van der Waals surface area contributed by atoms with Gasteiger partial charge in [-0.2, -0.15) is 0 Å². The Bertz CT molecular complexity index is 1440. The molecular formula is C37H59N11O6.